The van der Waals surface area contributed by atoms with Crippen molar-refractivity contribution in [3.05, 3.63) is 59.7 Å². The zero-order valence-corrected chi connectivity index (χ0v) is 12.0. The van der Waals surface area contributed by atoms with Crippen LogP contribution < -0.4 is 9.47 Å². The third kappa shape index (κ3) is 4.10. The number of ether oxygens (including phenoxy) is 2. The highest BCUT2D eigenvalue weighted by Gasteiger charge is 2.03. The van der Waals surface area contributed by atoms with Crippen LogP contribution in [0.25, 0.3) is 6.08 Å². The highest BCUT2D eigenvalue weighted by atomic mass is 16.5. The number of aliphatic hydroxyl groups is 1. The van der Waals surface area contributed by atoms with Crippen LogP contribution in [-0.2, 0) is 11.4 Å². The van der Waals surface area contributed by atoms with Crippen LogP contribution in [-0.4, -0.2) is 23.3 Å². The van der Waals surface area contributed by atoms with Gasteiger partial charge in [0, 0.05) is 6.08 Å². The summed E-state index contributed by atoms with van der Waals surface area (Å²) in [5, 5.41) is 18.5. The molecule has 5 nitrogen and oxygen atoms in total. The van der Waals surface area contributed by atoms with Gasteiger partial charge in [0.2, 0.25) is 0 Å². The number of carbonyl (C=O) groups is 1. The Kier molecular flexibility index (Phi) is 5.16. The Morgan fingerprint density at radius 2 is 2.05 bits per heavy atom. The van der Waals surface area contributed by atoms with E-state index in [-0.39, 0.29) is 12.4 Å². The third-order valence-electron chi connectivity index (χ3n) is 2.92. The van der Waals surface area contributed by atoms with E-state index in [4.69, 9.17) is 14.6 Å². The summed E-state index contributed by atoms with van der Waals surface area (Å²) in [6, 6.07) is 11.4. The summed E-state index contributed by atoms with van der Waals surface area (Å²) in [6.07, 6.45) is 2.83. The van der Waals surface area contributed by atoms with Gasteiger partial charge in [-0.15, -0.1) is 0 Å². The Hall–Kier alpha value is -2.79. The molecule has 22 heavy (non-hydrogen) atoms. The lowest BCUT2D eigenvalue weighted by atomic mass is 10.2. The Morgan fingerprint density at radius 3 is 2.77 bits per heavy atom. The Labute approximate surface area is 128 Å². The first-order chi connectivity index (χ1) is 10.6. The van der Waals surface area contributed by atoms with Gasteiger partial charge in [-0.1, -0.05) is 18.2 Å². The van der Waals surface area contributed by atoms with Crippen molar-refractivity contribution < 1.29 is 24.5 Å². The molecule has 0 radical (unpaired) electrons. The van der Waals surface area contributed by atoms with Crippen LogP contribution in [0.5, 0.6) is 17.2 Å². The summed E-state index contributed by atoms with van der Waals surface area (Å²) < 4.78 is 10.1. The van der Waals surface area contributed by atoms with Crippen molar-refractivity contribution in [1.82, 2.24) is 0 Å². The molecule has 0 saturated heterocycles. The van der Waals surface area contributed by atoms with Gasteiger partial charge >= 0.3 is 5.97 Å². The Morgan fingerprint density at radius 1 is 1.23 bits per heavy atom. The zero-order valence-electron chi connectivity index (χ0n) is 12.0. The molecule has 0 fully saturated rings. The number of carbonyl (C=O) groups excluding carboxylic acids is 1. The molecule has 0 aliphatic carbocycles. The van der Waals surface area contributed by atoms with Gasteiger partial charge in [-0.25, -0.2) is 4.79 Å². The lowest BCUT2D eigenvalue weighted by Crippen LogP contribution is -2.03. The maximum Gasteiger partial charge on any atom is 0.336 e. The quantitative estimate of drug-likeness (QED) is 0.504. The van der Waals surface area contributed by atoms with Crippen LogP contribution in [0, 0.1) is 0 Å². The second-order valence-electron chi connectivity index (χ2n) is 4.49. The van der Waals surface area contributed by atoms with E-state index >= 15 is 0 Å². The van der Waals surface area contributed by atoms with Gasteiger partial charge in [-0.05, 0) is 41.5 Å². The number of hydrogen-bond donors (Lipinski definition) is 2. The smallest absolute Gasteiger partial charge is 0.336 e. The van der Waals surface area contributed by atoms with Crippen molar-refractivity contribution in [3.8, 4) is 17.2 Å². The first-order valence-corrected chi connectivity index (χ1v) is 6.59. The van der Waals surface area contributed by atoms with Gasteiger partial charge < -0.3 is 19.7 Å². The molecular formula is C17H16O5. The molecule has 0 atom stereocenters. The summed E-state index contributed by atoms with van der Waals surface area (Å²) in [5.41, 5.74) is 1.35. The lowest BCUT2D eigenvalue weighted by molar-refractivity contribution is -0.128. The maximum atomic E-state index is 11.8. The molecule has 2 rings (SSSR count). The molecule has 0 amide bonds. The number of rotatable bonds is 5. The number of phenolic OH excluding ortho intramolecular Hbond substituents is 1. The largest absolute Gasteiger partial charge is 0.504 e. The molecular weight excluding hydrogens is 284 g/mol. The van der Waals surface area contributed by atoms with Gasteiger partial charge in [0.1, 0.15) is 5.75 Å². The summed E-state index contributed by atoms with van der Waals surface area (Å²) in [7, 11) is 1.45. The van der Waals surface area contributed by atoms with E-state index in [9.17, 15) is 9.90 Å². The van der Waals surface area contributed by atoms with E-state index in [0.29, 0.717) is 22.6 Å². The second kappa shape index (κ2) is 7.28. The average molecular weight is 300 g/mol. The monoisotopic (exact) mass is 300 g/mol. The summed E-state index contributed by atoms with van der Waals surface area (Å²) >= 11 is 0. The number of benzene rings is 2. The minimum Gasteiger partial charge on any atom is -0.504 e. The average Bonchev–Trinajstić information content (AvgIpc) is 2.54. The molecule has 0 aliphatic heterocycles. The number of phenols is 1. The highest BCUT2D eigenvalue weighted by Crippen LogP contribution is 2.26. The van der Waals surface area contributed by atoms with Crippen LogP contribution in [0.4, 0.5) is 0 Å². The topological polar surface area (TPSA) is 76.0 Å². The van der Waals surface area contributed by atoms with Crippen molar-refractivity contribution in [2.24, 2.45) is 0 Å². The van der Waals surface area contributed by atoms with Gasteiger partial charge in [-0.2, -0.15) is 0 Å². The molecule has 0 aromatic heterocycles. The standard InChI is InChI=1S/C17H16O5/c1-21-16-10-12(5-7-15(16)19)6-8-17(20)22-14-4-2-3-13(9-14)11-18/h2-10,18-19H,11H2,1H3. The van der Waals surface area contributed by atoms with Gasteiger partial charge in [0.15, 0.2) is 11.5 Å². The van der Waals surface area contributed by atoms with Crippen molar-refractivity contribution in [2.75, 3.05) is 7.11 Å². The van der Waals surface area contributed by atoms with Crippen LogP contribution >= 0.6 is 0 Å². The number of hydrogen-bond acceptors (Lipinski definition) is 5. The van der Waals surface area contributed by atoms with Gasteiger partial charge in [0.05, 0.1) is 13.7 Å². The number of methoxy groups -OCH3 is 1. The first-order valence-electron chi connectivity index (χ1n) is 6.59. The Balaban J connectivity index is 2.04. The molecule has 0 heterocycles. The highest BCUT2D eigenvalue weighted by molar-refractivity contribution is 5.88. The maximum absolute atomic E-state index is 11.8. The SMILES string of the molecule is COc1cc(C=CC(=O)Oc2cccc(CO)c2)ccc1O. The predicted molar refractivity (Wildman–Crippen MR) is 81.7 cm³/mol. The van der Waals surface area contributed by atoms with Crippen LogP contribution in [0.3, 0.4) is 0 Å². The van der Waals surface area contributed by atoms with E-state index < -0.39 is 5.97 Å². The summed E-state index contributed by atoms with van der Waals surface area (Å²) in [4.78, 5) is 11.8. The second-order valence-corrected chi connectivity index (χ2v) is 4.49. The zero-order chi connectivity index (χ0) is 15.9. The first kappa shape index (κ1) is 15.6. The van der Waals surface area contributed by atoms with E-state index in [1.807, 2.05) is 0 Å². The normalized spacial score (nSPS) is 10.6. The fourth-order valence-electron chi connectivity index (χ4n) is 1.82. The predicted octanol–water partition coefficient (Wildman–Crippen LogP) is 2.51. The van der Waals surface area contributed by atoms with Crippen molar-refractivity contribution in [3.63, 3.8) is 0 Å². The number of aromatic hydroxyl groups is 1. The van der Waals surface area contributed by atoms with E-state index in [2.05, 4.69) is 0 Å². The molecule has 0 aliphatic rings. The fraction of sp³-hybridized carbons (Fsp3) is 0.118. The summed E-state index contributed by atoms with van der Waals surface area (Å²) in [6.45, 7) is -0.117. The van der Waals surface area contributed by atoms with Gasteiger partial charge in [0.25, 0.3) is 0 Å². The van der Waals surface area contributed by atoms with Crippen molar-refractivity contribution in [1.29, 1.82) is 0 Å². The molecule has 5 heteroatoms. The molecule has 2 aromatic carbocycles. The molecule has 2 N–H and O–H groups in total. The van der Waals surface area contributed by atoms with Crippen LogP contribution in [0.2, 0.25) is 0 Å². The molecule has 0 spiro atoms. The third-order valence-corrected chi connectivity index (χ3v) is 2.92. The molecule has 0 unspecified atom stereocenters. The van der Waals surface area contributed by atoms with E-state index in [0.717, 1.165) is 0 Å². The molecule has 2 aromatic rings. The van der Waals surface area contributed by atoms with Crippen LogP contribution in [0.15, 0.2) is 48.5 Å². The van der Waals surface area contributed by atoms with Crippen molar-refractivity contribution in [2.45, 2.75) is 6.61 Å². The summed E-state index contributed by atoms with van der Waals surface area (Å²) in [5.74, 6) is 0.181. The van der Waals surface area contributed by atoms with Crippen molar-refractivity contribution >= 4 is 12.0 Å². The Bertz CT molecular complexity index is 691. The molecule has 114 valence electrons. The van der Waals surface area contributed by atoms with Gasteiger partial charge in [-0.3, -0.25) is 0 Å². The molecule has 0 bridgehead atoms. The number of aliphatic hydroxyl groups excluding tert-OH is 1. The molecule has 0 saturated carbocycles. The minimum atomic E-state index is -0.540. The minimum absolute atomic E-state index is 0.0306. The van der Waals surface area contributed by atoms with E-state index in [1.165, 1.54) is 19.3 Å². The lowest BCUT2D eigenvalue weighted by Gasteiger charge is -2.04. The van der Waals surface area contributed by atoms with Crippen LogP contribution in [0.1, 0.15) is 11.1 Å². The number of esters is 1. The fourth-order valence-corrected chi connectivity index (χ4v) is 1.82. The van der Waals surface area contributed by atoms with E-state index in [1.54, 1.807) is 42.5 Å².